The molecule has 0 aliphatic heterocycles. The Morgan fingerprint density at radius 2 is 2.06 bits per heavy atom. The van der Waals surface area contributed by atoms with Gasteiger partial charge in [-0.1, -0.05) is 19.1 Å². The van der Waals surface area contributed by atoms with E-state index in [2.05, 4.69) is 12.2 Å². The lowest BCUT2D eigenvalue weighted by atomic mass is 10.0. The van der Waals surface area contributed by atoms with Crippen molar-refractivity contribution >= 4 is 17.7 Å². The molecule has 0 aromatic heterocycles. The Morgan fingerprint density at radius 1 is 1.39 bits per heavy atom. The van der Waals surface area contributed by atoms with Gasteiger partial charge in [0.25, 0.3) is 0 Å². The molecule has 1 fully saturated rings. The maximum Gasteiger partial charge on any atom is 0.244 e. The zero-order valence-electron chi connectivity index (χ0n) is 10.8. The summed E-state index contributed by atoms with van der Waals surface area (Å²) >= 11 is 0. The molecular formula is C15H20N2O. The molecule has 3 N–H and O–H groups in total. The van der Waals surface area contributed by atoms with E-state index >= 15 is 0 Å². The average Bonchev–Trinajstić information content (AvgIpc) is 3.16. The highest BCUT2D eigenvalue weighted by Crippen LogP contribution is 2.47. The molecule has 0 radical (unpaired) electrons. The van der Waals surface area contributed by atoms with E-state index in [1.807, 2.05) is 24.3 Å². The third-order valence-corrected chi connectivity index (χ3v) is 3.71. The van der Waals surface area contributed by atoms with Crippen LogP contribution in [-0.2, 0) is 4.79 Å². The Morgan fingerprint density at radius 3 is 2.61 bits per heavy atom. The molecule has 1 aromatic rings. The lowest BCUT2D eigenvalue weighted by molar-refractivity contribution is -0.116. The van der Waals surface area contributed by atoms with Crippen LogP contribution in [-0.4, -0.2) is 12.5 Å². The van der Waals surface area contributed by atoms with Gasteiger partial charge in [0.1, 0.15) is 0 Å². The molecule has 0 heterocycles. The van der Waals surface area contributed by atoms with Gasteiger partial charge in [-0.2, -0.15) is 0 Å². The Hall–Kier alpha value is -1.77. The van der Waals surface area contributed by atoms with Crippen molar-refractivity contribution in [3.63, 3.8) is 0 Å². The first-order valence-corrected chi connectivity index (χ1v) is 6.45. The van der Waals surface area contributed by atoms with Gasteiger partial charge in [0.05, 0.1) is 0 Å². The van der Waals surface area contributed by atoms with Crippen molar-refractivity contribution < 1.29 is 4.79 Å². The number of carbonyl (C=O) groups is 1. The second-order valence-corrected chi connectivity index (χ2v) is 5.07. The molecule has 1 aliphatic rings. The molecule has 96 valence electrons. The minimum atomic E-state index is -0.0217. The number of hydrogen-bond acceptors (Lipinski definition) is 2. The van der Waals surface area contributed by atoms with Gasteiger partial charge in [-0.25, -0.2) is 0 Å². The maximum absolute atomic E-state index is 11.7. The van der Waals surface area contributed by atoms with Gasteiger partial charge < -0.3 is 11.1 Å². The number of nitrogens with one attached hydrogen (secondary N) is 1. The summed E-state index contributed by atoms with van der Waals surface area (Å²) in [5.41, 5.74) is 7.70. The van der Waals surface area contributed by atoms with E-state index < -0.39 is 0 Å². The van der Waals surface area contributed by atoms with E-state index in [0.717, 1.165) is 24.2 Å². The lowest BCUT2D eigenvalue weighted by Crippen LogP contribution is -2.28. The SMILES string of the molecule is CCC1(CNC(=O)/C=C/c2ccc(N)cc2)CC1. The predicted molar refractivity (Wildman–Crippen MR) is 74.9 cm³/mol. The van der Waals surface area contributed by atoms with Gasteiger partial charge in [0.2, 0.25) is 5.91 Å². The number of hydrogen-bond donors (Lipinski definition) is 2. The Bertz CT molecular complexity index is 444. The van der Waals surface area contributed by atoms with Gasteiger partial charge in [-0.15, -0.1) is 0 Å². The molecule has 18 heavy (non-hydrogen) atoms. The quantitative estimate of drug-likeness (QED) is 0.618. The molecular weight excluding hydrogens is 224 g/mol. The smallest absolute Gasteiger partial charge is 0.244 e. The minimum Gasteiger partial charge on any atom is -0.399 e. The molecule has 0 spiro atoms. The van der Waals surface area contributed by atoms with Crippen molar-refractivity contribution in [1.29, 1.82) is 0 Å². The van der Waals surface area contributed by atoms with Crippen molar-refractivity contribution in [2.75, 3.05) is 12.3 Å². The zero-order valence-corrected chi connectivity index (χ0v) is 10.8. The topological polar surface area (TPSA) is 55.1 Å². The van der Waals surface area contributed by atoms with Crippen LogP contribution < -0.4 is 11.1 Å². The van der Waals surface area contributed by atoms with Crippen molar-refractivity contribution in [2.45, 2.75) is 26.2 Å². The number of benzene rings is 1. The number of nitrogen functional groups attached to an aromatic ring is 1. The van der Waals surface area contributed by atoms with Gasteiger partial charge >= 0.3 is 0 Å². The van der Waals surface area contributed by atoms with Crippen LogP contribution in [0.2, 0.25) is 0 Å². The maximum atomic E-state index is 11.7. The van der Waals surface area contributed by atoms with Gasteiger partial charge in [0.15, 0.2) is 0 Å². The van der Waals surface area contributed by atoms with Crippen LogP contribution in [0.25, 0.3) is 6.08 Å². The summed E-state index contributed by atoms with van der Waals surface area (Å²) in [5, 5.41) is 2.97. The van der Waals surface area contributed by atoms with Crippen LogP contribution >= 0.6 is 0 Å². The summed E-state index contributed by atoms with van der Waals surface area (Å²) in [7, 11) is 0. The molecule has 3 nitrogen and oxygen atoms in total. The summed E-state index contributed by atoms with van der Waals surface area (Å²) in [6.45, 7) is 2.98. The first-order chi connectivity index (χ1) is 8.63. The Labute approximate surface area is 108 Å². The normalized spacial score (nSPS) is 16.7. The monoisotopic (exact) mass is 244 g/mol. The summed E-state index contributed by atoms with van der Waals surface area (Å²) < 4.78 is 0. The third kappa shape index (κ3) is 3.36. The van der Waals surface area contributed by atoms with Crippen molar-refractivity contribution in [3.05, 3.63) is 35.9 Å². The van der Waals surface area contributed by atoms with E-state index in [9.17, 15) is 4.79 Å². The fourth-order valence-electron chi connectivity index (χ4n) is 1.94. The molecule has 1 saturated carbocycles. The van der Waals surface area contributed by atoms with Gasteiger partial charge in [0, 0.05) is 18.3 Å². The lowest BCUT2D eigenvalue weighted by Gasteiger charge is -2.11. The van der Waals surface area contributed by atoms with Crippen LogP contribution in [0.5, 0.6) is 0 Å². The number of carbonyl (C=O) groups excluding carboxylic acids is 1. The largest absolute Gasteiger partial charge is 0.399 e. The summed E-state index contributed by atoms with van der Waals surface area (Å²) in [6, 6.07) is 7.45. The molecule has 0 bridgehead atoms. The summed E-state index contributed by atoms with van der Waals surface area (Å²) in [6.07, 6.45) is 7.02. The Kier molecular flexibility index (Phi) is 3.70. The molecule has 2 rings (SSSR count). The average molecular weight is 244 g/mol. The van der Waals surface area contributed by atoms with Gasteiger partial charge in [-0.3, -0.25) is 4.79 Å². The molecule has 1 amide bonds. The second-order valence-electron chi connectivity index (χ2n) is 5.07. The zero-order chi connectivity index (χ0) is 13.0. The van der Waals surface area contributed by atoms with E-state index in [-0.39, 0.29) is 5.91 Å². The number of amides is 1. The fourth-order valence-corrected chi connectivity index (χ4v) is 1.94. The third-order valence-electron chi connectivity index (χ3n) is 3.71. The number of rotatable bonds is 5. The van der Waals surface area contributed by atoms with E-state index in [1.54, 1.807) is 12.2 Å². The van der Waals surface area contributed by atoms with Crippen LogP contribution in [0.1, 0.15) is 31.7 Å². The molecule has 0 unspecified atom stereocenters. The first-order valence-electron chi connectivity index (χ1n) is 6.45. The van der Waals surface area contributed by atoms with Crippen molar-refractivity contribution in [1.82, 2.24) is 5.32 Å². The Balaban J connectivity index is 1.81. The molecule has 1 aliphatic carbocycles. The van der Waals surface area contributed by atoms with Crippen LogP contribution in [0, 0.1) is 5.41 Å². The molecule has 3 heteroatoms. The van der Waals surface area contributed by atoms with Crippen LogP contribution in [0.4, 0.5) is 5.69 Å². The highest BCUT2D eigenvalue weighted by atomic mass is 16.1. The fraction of sp³-hybridized carbons (Fsp3) is 0.400. The number of nitrogens with two attached hydrogens (primary N) is 1. The first kappa shape index (κ1) is 12.7. The molecule has 0 saturated heterocycles. The summed E-state index contributed by atoms with van der Waals surface area (Å²) in [5.74, 6) is -0.0217. The standard InChI is InChI=1S/C15H20N2O/c1-2-15(9-10-15)11-17-14(18)8-5-12-3-6-13(16)7-4-12/h3-8H,2,9-11,16H2,1H3,(H,17,18)/b8-5+. The molecule has 0 atom stereocenters. The summed E-state index contributed by atoms with van der Waals surface area (Å²) in [4.78, 5) is 11.7. The number of anilines is 1. The van der Waals surface area contributed by atoms with Crippen LogP contribution in [0.15, 0.2) is 30.3 Å². The second kappa shape index (κ2) is 5.25. The predicted octanol–water partition coefficient (Wildman–Crippen LogP) is 2.59. The highest BCUT2D eigenvalue weighted by molar-refractivity contribution is 5.91. The van der Waals surface area contributed by atoms with E-state index in [1.165, 1.54) is 12.8 Å². The van der Waals surface area contributed by atoms with E-state index in [4.69, 9.17) is 5.73 Å². The van der Waals surface area contributed by atoms with Gasteiger partial charge in [-0.05, 0) is 48.4 Å². The molecule has 1 aromatic carbocycles. The van der Waals surface area contributed by atoms with Crippen molar-refractivity contribution in [2.24, 2.45) is 5.41 Å². The minimum absolute atomic E-state index is 0.0217. The van der Waals surface area contributed by atoms with Crippen molar-refractivity contribution in [3.8, 4) is 0 Å². The van der Waals surface area contributed by atoms with E-state index in [0.29, 0.717) is 5.41 Å². The van der Waals surface area contributed by atoms with Crippen LogP contribution in [0.3, 0.4) is 0 Å². The highest BCUT2D eigenvalue weighted by Gasteiger charge is 2.40.